The molecule has 1 aromatic rings. The van der Waals surface area contributed by atoms with Crippen LogP contribution in [-0.2, 0) is 6.42 Å². The Morgan fingerprint density at radius 1 is 1.12 bits per heavy atom. The third kappa shape index (κ3) is 4.76. The van der Waals surface area contributed by atoms with Crippen molar-refractivity contribution >= 4 is 23.2 Å². The first-order valence-corrected chi connectivity index (χ1v) is 6.84. The highest BCUT2D eigenvalue weighted by Gasteiger charge is 2.11. The second-order valence-corrected chi connectivity index (χ2v) is 5.50. The molecule has 1 rings (SSSR count). The van der Waals surface area contributed by atoms with Crippen molar-refractivity contribution in [1.82, 2.24) is 0 Å². The van der Waals surface area contributed by atoms with E-state index < -0.39 is 0 Å². The van der Waals surface area contributed by atoms with Crippen molar-refractivity contribution < 1.29 is 0 Å². The van der Waals surface area contributed by atoms with Gasteiger partial charge in [-0.25, -0.2) is 0 Å². The first-order chi connectivity index (χ1) is 7.63. The summed E-state index contributed by atoms with van der Waals surface area (Å²) >= 11 is 12.2. The number of benzene rings is 1. The maximum atomic E-state index is 6.14. The average molecular weight is 259 g/mol. The molecule has 90 valence electrons. The lowest BCUT2D eigenvalue weighted by Gasteiger charge is -2.15. The van der Waals surface area contributed by atoms with Crippen molar-refractivity contribution in [2.45, 2.75) is 33.1 Å². The van der Waals surface area contributed by atoms with E-state index in [1.807, 2.05) is 18.2 Å². The summed E-state index contributed by atoms with van der Waals surface area (Å²) in [5.74, 6) is 2.01. The molecule has 0 aliphatic heterocycles. The van der Waals surface area contributed by atoms with Gasteiger partial charge in [-0.1, -0.05) is 50.1 Å². The predicted molar refractivity (Wildman–Crippen MR) is 73.4 cm³/mol. The van der Waals surface area contributed by atoms with E-state index in [2.05, 4.69) is 19.9 Å². The molecule has 1 unspecified atom stereocenters. The minimum absolute atomic E-state index is 0.545. The Bertz CT molecular complexity index is 307. The van der Waals surface area contributed by atoms with Crippen molar-refractivity contribution in [2.75, 3.05) is 5.88 Å². The summed E-state index contributed by atoms with van der Waals surface area (Å²) in [4.78, 5) is 0. The molecule has 1 atom stereocenters. The normalized spacial score (nSPS) is 13.1. The minimum atomic E-state index is 0.545. The molecule has 1 aromatic carbocycles. The monoisotopic (exact) mass is 258 g/mol. The number of rotatable bonds is 6. The van der Waals surface area contributed by atoms with Gasteiger partial charge in [-0.3, -0.25) is 0 Å². The molecule has 0 aromatic heterocycles. The van der Waals surface area contributed by atoms with Crippen LogP contribution < -0.4 is 0 Å². The van der Waals surface area contributed by atoms with Crippen molar-refractivity contribution in [2.24, 2.45) is 11.8 Å². The van der Waals surface area contributed by atoms with Gasteiger partial charge in [0.2, 0.25) is 0 Å². The van der Waals surface area contributed by atoms with Gasteiger partial charge < -0.3 is 0 Å². The van der Waals surface area contributed by atoms with E-state index in [4.69, 9.17) is 23.2 Å². The molecule has 0 radical (unpaired) electrons. The largest absolute Gasteiger partial charge is 0.126 e. The van der Waals surface area contributed by atoms with Gasteiger partial charge in [-0.2, -0.15) is 0 Å². The van der Waals surface area contributed by atoms with Crippen molar-refractivity contribution in [3.63, 3.8) is 0 Å². The highest BCUT2D eigenvalue weighted by atomic mass is 35.5. The van der Waals surface area contributed by atoms with E-state index in [-0.39, 0.29) is 0 Å². The zero-order valence-corrected chi connectivity index (χ0v) is 11.6. The quantitative estimate of drug-likeness (QED) is 0.618. The number of hydrogen-bond acceptors (Lipinski definition) is 0. The van der Waals surface area contributed by atoms with Gasteiger partial charge in [-0.05, 0) is 36.3 Å². The fraction of sp³-hybridized carbons (Fsp3) is 0.571. The Morgan fingerprint density at radius 2 is 1.81 bits per heavy atom. The summed E-state index contributed by atoms with van der Waals surface area (Å²) in [6.07, 6.45) is 3.42. The summed E-state index contributed by atoms with van der Waals surface area (Å²) in [6, 6.07) is 8.05. The number of hydrogen-bond donors (Lipinski definition) is 0. The topological polar surface area (TPSA) is 0 Å². The highest BCUT2D eigenvalue weighted by Crippen LogP contribution is 2.23. The van der Waals surface area contributed by atoms with Crippen molar-refractivity contribution in [3.8, 4) is 0 Å². The van der Waals surface area contributed by atoms with Crippen LogP contribution in [0.5, 0.6) is 0 Å². The molecule has 0 aliphatic carbocycles. The van der Waals surface area contributed by atoms with Crippen LogP contribution >= 0.6 is 23.2 Å². The summed E-state index contributed by atoms with van der Waals surface area (Å²) in [6.45, 7) is 4.50. The second kappa shape index (κ2) is 7.19. The molecule has 0 saturated carbocycles. The predicted octanol–water partition coefficient (Wildman–Crippen LogP) is 5.17. The van der Waals surface area contributed by atoms with Gasteiger partial charge in [0.15, 0.2) is 0 Å². The molecule has 0 spiro atoms. The third-order valence-electron chi connectivity index (χ3n) is 2.84. The molecule has 2 heteroatoms. The number of halogens is 2. The smallest absolute Gasteiger partial charge is 0.0438 e. The van der Waals surface area contributed by atoms with Crippen LogP contribution in [0.1, 0.15) is 32.3 Å². The van der Waals surface area contributed by atoms with Crippen LogP contribution in [0.3, 0.4) is 0 Å². The molecular formula is C14H20Cl2. The fourth-order valence-corrected chi connectivity index (χ4v) is 2.25. The Balaban J connectivity index is 2.53. The molecule has 0 bridgehead atoms. The van der Waals surface area contributed by atoms with E-state index in [1.54, 1.807) is 0 Å². The van der Waals surface area contributed by atoms with Gasteiger partial charge in [0.25, 0.3) is 0 Å². The van der Waals surface area contributed by atoms with Gasteiger partial charge in [0, 0.05) is 10.9 Å². The maximum Gasteiger partial charge on any atom is 0.0438 e. The zero-order valence-electron chi connectivity index (χ0n) is 10.0. The van der Waals surface area contributed by atoms with Crippen LogP contribution in [0.15, 0.2) is 24.3 Å². The molecule has 0 heterocycles. The molecule has 16 heavy (non-hydrogen) atoms. The minimum Gasteiger partial charge on any atom is -0.126 e. The van der Waals surface area contributed by atoms with E-state index in [0.29, 0.717) is 5.92 Å². The Hall–Kier alpha value is -0.200. The van der Waals surface area contributed by atoms with E-state index in [1.165, 1.54) is 18.4 Å². The van der Waals surface area contributed by atoms with Crippen LogP contribution in [0.25, 0.3) is 0 Å². The lowest BCUT2D eigenvalue weighted by molar-refractivity contribution is 0.452. The fourth-order valence-electron chi connectivity index (χ4n) is 1.78. The maximum absolute atomic E-state index is 6.14. The van der Waals surface area contributed by atoms with Gasteiger partial charge in [0.05, 0.1) is 0 Å². The summed E-state index contributed by atoms with van der Waals surface area (Å²) in [5.41, 5.74) is 1.22. The number of alkyl halides is 1. The molecule has 0 nitrogen and oxygen atoms in total. The van der Waals surface area contributed by atoms with E-state index in [9.17, 15) is 0 Å². The summed E-state index contributed by atoms with van der Waals surface area (Å²) < 4.78 is 0. The SMILES string of the molecule is CC(C)CCC(CCl)Cc1ccccc1Cl. The summed E-state index contributed by atoms with van der Waals surface area (Å²) in [7, 11) is 0. The molecule has 0 fully saturated rings. The lowest BCUT2D eigenvalue weighted by atomic mass is 9.93. The van der Waals surface area contributed by atoms with Gasteiger partial charge in [-0.15, -0.1) is 11.6 Å². The first-order valence-electron chi connectivity index (χ1n) is 5.92. The molecule has 0 saturated heterocycles. The Morgan fingerprint density at radius 3 is 2.38 bits per heavy atom. The molecular weight excluding hydrogens is 239 g/mol. The van der Waals surface area contributed by atoms with Crippen LogP contribution in [0.2, 0.25) is 5.02 Å². The van der Waals surface area contributed by atoms with Crippen LogP contribution in [-0.4, -0.2) is 5.88 Å². The van der Waals surface area contributed by atoms with Gasteiger partial charge in [0.1, 0.15) is 0 Å². The Kier molecular flexibility index (Phi) is 6.23. The third-order valence-corrected chi connectivity index (χ3v) is 3.64. The van der Waals surface area contributed by atoms with Crippen LogP contribution in [0, 0.1) is 11.8 Å². The lowest BCUT2D eigenvalue weighted by Crippen LogP contribution is -2.08. The zero-order chi connectivity index (χ0) is 12.0. The standard InChI is InChI=1S/C14H20Cl2/c1-11(2)7-8-12(10-15)9-13-5-3-4-6-14(13)16/h3-6,11-12H,7-10H2,1-2H3. The van der Waals surface area contributed by atoms with E-state index in [0.717, 1.165) is 23.2 Å². The highest BCUT2D eigenvalue weighted by molar-refractivity contribution is 6.31. The molecule has 0 amide bonds. The van der Waals surface area contributed by atoms with Gasteiger partial charge >= 0.3 is 0 Å². The average Bonchev–Trinajstić information content (AvgIpc) is 2.26. The van der Waals surface area contributed by atoms with Crippen molar-refractivity contribution in [3.05, 3.63) is 34.9 Å². The Labute approximate surface area is 109 Å². The van der Waals surface area contributed by atoms with E-state index >= 15 is 0 Å². The summed E-state index contributed by atoms with van der Waals surface area (Å²) in [5, 5.41) is 0.863. The molecule has 0 aliphatic rings. The first kappa shape index (κ1) is 13.9. The van der Waals surface area contributed by atoms with Crippen LogP contribution in [0.4, 0.5) is 0 Å². The molecule has 0 N–H and O–H groups in total. The second-order valence-electron chi connectivity index (χ2n) is 4.79. The van der Waals surface area contributed by atoms with Crippen molar-refractivity contribution in [1.29, 1.82) is 0 Å².